The Kier molecular flexibility index (Phi) is 8.38. The molecule has 4 heteroatoms. The van der Waals surface area contributed by atoms with Crippen LogP contribution in [0.5, 0.6) is 0 Å². The zero-order valence-corrected chi connectivity index (χ0v) is 17.6. The van der Waals surface area contributed by atoms with Crippen LogP contribution in [0.4, 0.5) is 0 Å². The molecule has 1 heterocycles. The summed E-state index contributed by atoms with van der Waals surface area (Å²) in [6.07, 6.45) is 15.5. The zero-order chi connectivity index (χ0) is 19.6. The molecule has 0 aliphatic heterocycles. The molecule has 1 aliphatic rings. The molecule has 0 bridgehead atoms. The first-order valence-electron chi connectivity index (χ1n) is 11.5. The van der Waals surface area contributed by atoms with Crippen LogP contribution in [0.25, 0.3) is 11.0 Å². The number of amides is 1. The Hall–Kier alpha value is -1.84. The zero-order valence-electron chi connectivity index (χ0n) is 17.6. The lowest BCUT2D eigenvalue weighted by atomic mass is 10.1. The standard InChI is InChI=1S/C24H37N3O/c1-2-3-4-5-6-7-8-9-10-13-18-27-22-15-12-11-14-21(22)26-23(27)19-25-24(28)20-16-17-20/h11-12,14-15,20H,2-10,13,16-19H2,1H3,(H,25,28). The minimum absolute atomic E-state index is 0.192. The largest absolute Gasteiger partial charge is 0.349 e. The van der Waals surface area contributed by atoms with Gasteiger partial charge in [0.25, 0.3) is 0 Å². The van der Waals surface area contributed by atoms with Gasteiger partial charge in [0.1, 0.15) is 5.82 Å². The number of aromatic nitrogens is 2. The third-order valence-corrected chi connectivity index (χ3v) is 5.84. The normalized spacial score (nSPS) is 13.9. The quantitative estimate of drug-likeness (QED) is 0.408. The summed E-state index contributed by atoms with van der Waals surface area (Å²) in [6.45, 7) is 3.81. The number of carbonyl (C=O) groups excluding carboxylic acids is 1. The van der Waals surface area contributed by atoms with Crippen molar-refractivity contribution < 1.29 is 4.79 Å². The highest BCUT2D eigenvalue weighted by Crippen LogP contribution is 2.29. The van der Waals surface area contributed by atoms with Gasteiger partial charge in [-0.1, -0.05) is 76.8 Å². The Morgan fingerprint density at radius 1 is 1.00 bits per heavy atom. The molecular formula is C24H37N3O. The summed E-state index contributed by atoms with van der Waals surface area (Å²) in [4.78, 5) is 16.8. The number of nitrogens with one attached hydrogen (secondary N) is 1. The Morgan fingerprint density at radius 2 is 1.64 bits per heavy atom. The number of imidazole rings is 1. The second-order valence-electron chi connectivity index (χ2n) is 8.34. The average Bonchev–Trinajstić information content (AvgIpc) is 3.50. The second kappa shape index (κ2) is 11.2. The summed E-state index contributed by atoms with van der Waals surface area (Å²) >= 11 is 0. The number of fused-ring (bicyclic) bond motifs is 1. The minimum Gasteiger partial charge on any atom is -0.349 e. The predicted molar refractivity (Wildman–Crippen MR) is 116 cm³/mol. The maximum Gasteiger partial charge on any atom is 0.223 e. The summed E-state index contributed by atoms with van der Waals surface area (Å²) < 4.78 is 2.31. The van der Waals surface area contributed by atoms with Crippen molar-refractivity contribution in [2.75, 3.05) is 0 Å². The second-order valence-corrected chi connectivity index (χ2v) is 8.34. The van der Waals surface area contributed by atoms with Gasteiger partial charge in [0.2, 0.25) is 5.91 Å². The summed E-state index contributed by atoms with van der Waals surface area (Å²) in [5.74, 6) is 1.43. The van der Waals surface area contributed by atoms with E-state index in [4.69, 9.17) is 4.98 Å². The molecule has 0 unspecified atom stereocenters. The highest BCUT2D eigenvalue weighted by atomic mass is 16.2. The monoisotopic (exact) mass is 383 g/mol. The molecule has 4 nitrogen and oxygen atoms in total. The highest BCUT2D eigenvalue weighted by molar-refractivity contribution is 5.81. The van der Waals surface area contributed by atoms with E-state index in [-0.39, 0.29) is 11.8 Å². The van der Waals surface area contributed by atoms with Gasteiger partial charge in [-0.15, -0.1) is 0 Å². The van der Waals surface area contributed by atoms with Crippen molar-refractivity contribution in [3.05, 3.63) is 30.1 Å². The van der Waals surface area contributed by atoms with Gasteiger partial charge in [0.15, 0.2) is 0 Å². The molecular weight excluding hydrogens is 346 g/mol. The number of hydrogen-bond acceptors (Lipinski definition) is 2. The first-order valence-corrected chi connectivity index (χ1v) is 11.5. The van der Waals surface area contributed by atoms with Crippen LogP contribution >= 0.6 is 0 Å². The summed E-state index contributed by atoms with van der Waals surface area (Å²) in [5.41, 5.74) is 2.22. The first kappa shape index (κ1) is 20.9. The molecule has 28 heavy (non-hydrogen) atoms. The third-order valence-electron chi connectivity index (χ3n) is 5.84. The molecule has 2 aromatic rings. The number of hydrogen-bond donors (Lipinski definition) is 1. The van der Waals surface area contributed by atoms with Gasteiger partial charge in [-0.05, 0) is 31.4 Å². The summed E-state index contributed by atoms with van der Waals surface area (Å²) in [7, 11) is 0. The molecule has 0 radical (unpaired) electrons. The molecule has 154 valence electrons. The van der Waals surface area contributed by atoms with Gasteiger partial charge in [-0.25, -0.2) is 4.98 Å². The van der Waals surface area contributed by atoms with E-state index in [2.05, 4.69) is 35.0 Å². The van der Waals surface area contributed by atoms with Gasteiger partial charge in [0.05, 0.1) is 17.6 Å². The topological polar surface area (TPSA) is 46.9 Å². The SMILES string of the molecule is CCCCCCCCCCCCn1c(CNC(=O)C2CC2)nc2ccccc21. The number of benzene rings is 1. The number of rotatable bonds is 14. The molecule has 1 saturated carbocycles. The lowest BCUT2D eigenvalue weighted by Crippen LogP contribution is -2.26. The number of nitrogens with zero attached hydrogens (tertiary/aromatic N) is 2. The van der Waals surface area contributed by atoms with Crippen molar-refractivity contribution >= 4 is 16.9 Å². The van der Waals surface area contributed by atoms with Crippen molar-refractivity contribution in [3.8, 4) is 0 Å². The van der Waals surface area contributed by atoms with Crippen LogP contribution in [0.3, 0.4) is 0 Å². The summed E-state index contributed by atoms with van der Waals surface area (Å²) in [6, 6.07) is 8.32. The average molecular weight is 384 g/mol. The Morgan fingerprint density at radius 3 is 2.32 bits per heavy atom. The fraction of sp³-hybridized carbons (Fsp3) is 0.667. The summed E-state index contributed by atoms with van der Waals surface area (Å²) in [5, 5.41) is 3.08. The van der Waals surface area contributed by atoms with Crippen molar-refractivity contribution in [1.82, 2.24) is 14.9 Å². The number of unbranched alkanes of at least 4 members (excludes halogenated alkanes) is 9. The van der Waals surface area contributed by atoms with Gasteiger partial charge >= 0.3 is 0 Å². The first-order chi connectivity index (χ1) is 13.8. The van der Waals surface area contributed by atoms with E-state index in [0.717, 1.165) is 30.7 Å². The predicted octanol–water partition coefficient (Wildman–Crippen LogP) is 5.98. The van der Waals surface area contributed by atoms with Crippen LogP contribution in [-0.4, -0.2) is 15.5 Å². The van der Waals surface area contributed by atoms with Crippen LogP contribution in [-0.2, 0) is 17.9 Å². The highest BCUT2D eigenvalue weighted by Gasteiger charge is 2.29. The molecule has 0 atom stereocenters. The molecule has 1 N–H and O–H groups in total. The van der Waals surface area contributed by atoms with Crippen molar-refractivity contribution in [3.63, 3.8) is 0 Å². The molecule has 1 aliphatic carbocycles. The minimum atomic E-state index is 0.192. The van der Waals surface area contributed by atoms with E-state index in [1.807, 2.05) is 6.07 Å². The van der Waals surface area contributed by atoms with E-state index in [1.165, 1.54) is 69.7 Å². The Labute approximate surface area is 170 Å². The van der Waals surface area contributed by atoms with Crippen LogP contribution in [0.2, 0.25) is 0 Å². The van der Waals surface area contributed by atoms with Gasteiger partial charge in [-0.3, -0.25) is 4.79 Å². The molecule has 1 aromatic heterocycles. The Bertz CT molecular complexity index is 733. The van der Waals surface area contributed by atoms with Crippen LogP contribution in [0, 0.1) is 5.92 Å². The molecule has 0 spiro atoms. The smallest absolute Gasteiger partial charge is 0.223 e. The Balaban J connectivity index is 1.42. The van der Waals surface area contributed by atoms with Crippen LogP contribution < -0.4 is 5.32 Å². The fourth-order valence-electron chi connectivity index (χ4n) is 3.92. The van der Waals surface area contributed by atoms with Gasteiger partial charge in [-0.2, -0.15) is 0 Å². The number of aryl methyl sites for hydroxylation is 1. The molecule has 0 saturated heterocycles. The molecule has 1 aromatic carbocycles. The molecule has 1 fully saturated rings. The van der Waals surface area contributed by atoms with E-state index in [9.17, 15) is 4.79 Å². The van der Waals surface area contributed by atoms with Gasteiger partial charge in [0, 0.05) is 12.5 Å². The van der Waals surface area contributed by atoms with Crippen LogP contribution in [0.1, 0.15) is 89.8 Å². The van der Waals surface area contributed by atoms with E-state index >= 15 is 0 Å². The van der Waals surface area contributed by atoms with Crippen molar-refractivity contribution in [2.45, 2.75) is 97.1 Å². The van der Waals surface area contributed by atoms with Gasteiger partial charge < -0.3 is 9.88 Å². The van der Waals surface area contributed by atoms with E-state index in [1.54, 1.807) is 0 Å². The maximum atomic E-state index is 12.0. The van der Waals surface area contributed by atoms with E-state index < -0.39 is 0 Å². The number of para-hydroxylation sites is 2. The molecule has 1 amide bonds. The van der Waals surface area contributed by atoms with Crippen LogP contribution in [0.15, 0.2) is 24.3 Å². The molecule has 3 rings (SSSR count). The van der Waals surface area contributed by atoms with Crippen molar-refractivity contribution in [1.29, 1.82) is 0 Å². The third kappa shape index (κ3) is 6.35. The van der Waals surface area contributed by atoms with E-state index in [0.29, 0.717) is 6.54 Å². The lowest BCUT2D eigenvalue weighted by molar-refractivity contribution is -0.122. The van der Waals surface area contributed by atoms with Crippen molar-refractivity contribution in [2.24, 2.45) is 5.92 Å². The lowest BCUT2D eigenvalue weighted by Gasteiger charge is -2.10. The fourth-order valence-corrected chi connectivity index (χ4v) is 3.92. The number of carbonyl (C=O) groups is 1. The maximum absolute atomic E-state index is 12.0.